The monoisotopic (exact) mass is 261 g/mol. The Morgan fingerprint density at radius 3 is 3.00 bits per heavy atom. The van der Waals surface area contributed by atoms with E-state index in [1.807, 2.05) is 0 Å². The summed E-state index contributed by atoms with van der Waals surface area (Å²) in [6.45, 7) is 3.29. The van der Waals surface area contributed by atoms with Gasteiger partial charge in [-0.05, 0) is 55.3 Å². The van der Waals surface area contributed by atoms with Gasteiger partial charge >= 0.3 is 5.97 Å². The number of aryl methyl sites for hydroxylation is 2. The number of hydrogen-bond donors (Lipinski definition) is 2. The minimum atomic E-state index is -0.721. The lowest BCUT2D eigenvalue weighted by molar-refractivity contribution is -0.136. The third-order valence-electron chi connectivity index (χ3n) is 3.81. The predicted molar refractivity (Wildman–Crippen MR) is 76.5 cm³/mol. The SMILES string of the molecule is CCCNC1CCc2cc(CCC(=O)O)ccc2C1. The van der Waals surface area contributed by atoms with Crippen molar-refractivity contribution in [1.82, 2.24) is 5.32 Å². The molecule has 104 valence electrons. The van der Waals surface area contributed by atoms with E-state index in [0.717, 1.165) is 24.9 Å². The van der Waals surface area contributed by atoms with E-state index in [4.69, 9.17) is 5.11 Å². The predicted octanol–water partition coefficient (Wildman–Crippen LogP) is 2.56. The van der Waals surface area contributed by atoms with Crippen molar-refractivity contribution >= 4 is 5.97 Å². The molecular formula is C16H23NO2. The van der Waals surface area contributed by atoms with Gasteiger partial charge in [0.15, 0.2) is 0 Å². The molecule has 1 aliphatic rings. The third kappa shape index (κ3) is 4.06. The summed E-state index contributed by atoms with van der Waals surface area (Å²) in [7, 11) is 0. The summed E-state index contributed by atoms with van der Waals surface area (Å²) >= 11 is 0. The summed E-state index contributed by atoms with van der Waals surface area (Å²) in [5.74, 6) is -0.721. The Kier molecular flexibility index (Phi) is 4.97. The van der Waals surface area contributed by atoms with E-state index in [0.29, 0.717) is 12.5 Å². The van der Waals surface area contributed by atoms with Gasteiger partial charge in [-0.3, -0.25) is 4.79 Å². The first-order valence-electron chi connectivity index (χ1n) is 7.25. The zero-order valence-corrected chi connectivity index (χ0v) is 11.6. The Balaban J connectivity index is 1.97. The van der Waals surface area contributed by atoms with Crippen LogP contribution in [0.1, 0.15) is 42.9 Å². The summed E-state index contributed by atoms with van der Waals surface area (Å²) in [5.41, 5.74) is 4.00. The van der Waals surface area contributed by atoms with Gasteiger partial charge in [-0.15, -0.1) is 0 Å². The molecule has 0 saturated carbocycles. The third-order valence-corrected chi connectivity index (χ3v) is 3.81. The van der Waals surface area contributed by atoms with Crippen LogP contribution in [0.25, 0.3) is 0 Å². The van der Waals surface area contributed by atoms with Crippen LogP contribution in [0.3, 0.4) is 0 Å². The van der Waals surface area contributed by atoms with Crippen LogP contribution in [0, 0.1) is 0 Å². The molecule has 1 aromatic rings. The first kappa shape index (κ1) is 14.1. The molecule has 0 heterocycles. The van der Waals surface area contributed by atoms with E-state index in [1.165, 1.54) is 24.0 Å². The Hall–Kier alpha value is -1.35. The quantitative estimate of drug-likeness (QED) is 0.827. The van der Waals surface area contributed by atoms with E-state index >= 15 is 0 Å². The lowest BCUT2D eigenvalue weighted by Gasteiger charge is -2.26. The first-order valence-corrected chi connectivity index (χ1v) is 7.25. The normalized spacial score (nSPS) is 18.1. The molecule has 1 aromatic carbocycles. The molecule has 2 N–H and O–H groups in total. The van der Waals surface area contributed by atoms with Crippen molar-refractivity contribution < 1.29 is 9.90 Å². The van der Waals surface area contributed by atoms with Crippen molar-refractivity contribution in [2.75, 3.05) is 6.54 Å². The zero-order chi connectivity index (χ0) is 13.7. The van der Waals surface area contributed by atoms with Crippen LogP contribution in [-0.2, 0) is 24.1 Å². The molecule has 0 saturated heterocycles. The topological polar surface area (TPSA) is 49.3 Å². The van der Waals surface area contributed by atoms with E-state index in [9.17, 15) is 4.79 Å². The van der Waals surface area contributed by atoms with E-state index in [-0.39, 0.29) is 6.42 Å². The maximum Gasteiger partial charge on any atom is 0.303 e. The molecule has 0 spiro atoms. The van der Waals surface area contributed by atoms with Gasteiger partial charge in [-0.2, -0.15) is 0 Å². The van der Waals surface area contributed by atoms with Gasteiger partial charge in [0, 0.05) is 12.5 Å². The Morgan fingerprint density at radius 2 is 2.26 bits per heavy atom. The second-order valence-corrected chi connectivity index (χ2v) is 5.39. The van der Waals surface area contributed by atoms with Crippen LogP contribution in [0.15, 0.2) is 18.2 Å². The molecule has 0 aromatic heterocycles. The molecule has 2 rings (SSSR count). The van der Waals surface area contributed by atoms with Gasteiger partial charge in [0.25, 0.3) is 0 Å². The number of nitrogens with one attached hydrogen (secondary N) is 1. The highest BCUT2D eigenvalue weighted by atomic mass is 16.4. The number of rotatable bonds is 6. The Morgan fingerprint density at radius 1 is 1.42 bits per heavy atom. The van der Waals surface area contributed by atoms with Gasteiger partial charge in [0.05, 0.1) is 0 Å². The number of hydrogen-bond acceptors (Lipinski definition) is 2. The molecule has 0 amide bonds. The molecule has 0 bridgehead atoms. The van der Waals surface area contributed by atoms with Crippen LogP contribution in [0.4, 0.5) is 0 Å². The van der Waals surface area contributed by atoms with Crippen molar-refractivity contribution in [1.29, 1.82) is 0 Å². The van der Waals surface area contributed by atoms with Gasteiger partial charge < -0.3 is 10.4 Å². The fourth-order valence-electron chi connectivity index (χ4n) is 2.74. The fourth-order valence-corrected chi connectivity index (χ4v) is 2.74. The largest absolute Gasteiger partial charge is 0.481 e. The number of aliphatic carboxylic acids is 1. The summed E-state index contributed by atoms with van der Waals surface area (Å²) < 4.78 is 0. The van der Waals surface area contributed by atoms with E-state index in [2.05, 4.69) is 30.4 Å². The minimum absolute atomic E-state index is 0.222. The van der Waals surface area contributed by atoms with E-state index in [1.54, 1.807) is 0 Å². The molecule has 3 nitrogen and oxygen atoms in total. The highest BCUT2D eigenvalue weighted by Gasteiger charge is 2.18. The molecule has 0 radical (unpaired) electrons. The Labute approximate surface area is 115 Å². The van der Waals surface area contributed by atoms with Crippen molar-refractivity contribution in [3.05, 3.63) is 34.9 Å². The molecule has 0 fully saturated rings. The minimum Gasteiger partial charge on any atom is -0.481 e. The molecule has 3 heteroatoms. The van der Waals surface area contributed by atoms with Crippen LogP contribution in [-0.4, -0.2) is 23.7 Å². The second kappa shape index (κ2) is 6.71. The smallest absolute Gasteiger partial charge is 0.303 e. The van der Waals surface area contributed by atoms with Gasteiger partial charge in [0.2, 0.25) is 0 Å². The van der Waals surface area contributed by atoms with Gasteiger partial charge in [-0.1, -0.05) is 25.1 Å². The van der Waals surface area contributed by atoms with Crippen molar-refractivity contribution in [2.24, 2.45) is 0 Å². The number of fused-ring (bicyclic) bond motifs is 1. The van der Waals surface area contributed by atoms with Crippen molar-refractivity contribution in [2.45, 2.75) is 51.5 Å². The van der Waals surface area contributed by atoms with Crippen LogP contribution >= 0.6 is 0 Å². The molecule has 1 atom stereocenters. The van der Waals surface area contributed by atoms with E-state index < -0.39 is 5.97 Å². The number of carboxylic acids is 1. The van der Waals surface area contributed by atoms with Gasteiger partial charge in [0.1, 0.15) is 0 Å². The highest BCUT2D eigenvalue weighted by molar-refractivity contribution is 5.67. The zero-order valence-electron chi connectivity index (χ0n) is 11.6. The van der Waals surface area contributed by atoms with Crippen molar-refractivity contribution in [3.63, 3.8) is 0 Å². The second-order valence-electron chi connectivity index (χ2n) is 5.39. The number of carbonyl (C=O) groups is 1. The summed E-state index contributed by atoms with van der Waals surface area (Å²) in [6, 6.07) is 7.09. The lowest BCUT2D eigenvalue weighted by atomic mass is 9.86. The average molecular weight is 261 g/mol. The molecule has 19 heavy (non-hydrogen) atoms. The first-order chi connectivity index (χ1) is 9.19. The Bertz CT molecular complexity index is 442. The standard InChI is InChI=1S/C16H23NO2/c1-2-9-17-15-7-6-13-10-12(4-8-16(18)19)3-5-14(13)11-15/h3,5,10,15,17H,2,4,6-9,11H2,1H3,(H,18,19). The average Bonchev–Trinajstić information content (AvgIpc) is 2.42. The summed E-state index contributed by atoms with van der Waals surface area (Å²) in [5, 5.41) is 12.3. The van der Waals surface area contributed by atoms with Crippen LogP contribution in [0.2, 0.25) is 0 Å². The summed E-state index contributed by atoms with van der Waals surface area (Å²) in [6.07, 6.45) is 5.44. The maximum absolute atomic E-state index is 10.6. The van der Waals surface area contributed by atoms with Crippen LogP contribution < -0.4 is 5.32 Å². The summed E-state index contributed by atoms with van der Waals surface area (Å²) in [4.78, 5) is 10.6. The van der Waals surface area contributed by atoms with Gasteiger partial charge in [-0.25, -0.2) is 0 Å². The van der Waals surface area contributed by atoms with Crippen molar-refractivity contribution in [3.8, 4) is 0 Å². The molecule has 1 aliphatic carbocycles. The number of carboxylic acid groups (broad SMARTS) is 1. The molecule has 0 aliphatic heterocycles. The lowest BCUT2D eigenvalue weighted by Crippen LogP contribution is -2.35. The number of benzene rings is 1. The maximum atomic E-state index is 10.6. The fraction of sp³-hybridized carbons (Fsp3) is 0.562. The highest BCUT2D eigenvalue weighted by Crippen LogP contribution is 2.23. The molecular weight excluding hydrogens is 238 g/mol. The van der Waals surface area contributed by atoms with Crippen LogP contribution in [0.5, 0.6) is 0 Å². The molecule has 1 unspecified atom stereocenters.